The number of rotatable bonds is 3. The number of aldehydes is 1. The molecule has 2 heteroatoms. The van der Waals surface area contributed by atoms with Gasteiger partial charge in [-0.2, -0.15) is 0 Å². The van der Waals surface area contributed by atoms with Crippen molar-refractivity contribution in [2.75, 3.05) is 19.6 Å². The Hall–Kier alpha value is -0.370. The van der Waals surface area contributed by atoms with Crippen molar-refractivity contribution in [1.29, 1.82) is 0 Å². The number of carbonyl (C=O) groups excluding carboxylic acids is 1. The Kier molecular flexibility index (Phi) is 3.63. The topological polar surface area (TPSA) is 20.3 Å². The molecule has 1 saturated carbocycles. The molecule has 17 heavy (non-hydrogen) atoms. The van der Waals surface area contributed by atoms with Gasteiger partial charge in [0.05, 0.1) is 0 Å². The molecular formula is C15H27NO. The van der Waals surface area contributed by atoms with E-state index in [0.717, 1.165) is 31.8 Å². The van der Waals surface area contributed by atoms with Gasteiger partial charge in [0.2, 0.25) is 0 Å². The second-order valence-electron chi connectivity index (χ2n) is 7.29. The summed E-state index contributed by atoms with van der Waals surface area (Å²) in [5.74, 6) is 0.818. The van der Waals surface area contributed by atoms with Crippen LogP contribution < -0.4 is 0 Å². The van der Waals surface area contributed by atoms with E-state index in [0.29, 0.717) is 5.41 Å². The van der Waals surface area contributed by atoms with E-state index in [-0.39, 0.29) is 5.41 Å². The van der Waals surface area contributed by atoms with Gasteiger partial charge in [-0.05, 0) is 50.0 Å². The summed E-state index contributed by atoms with van der Waals surface area (Å²) in [7, 11) is 0. The van der Waals surface area contributed by atoms with Crippen LogP contribution in [0.4, 0.5) is 0 Å². The fourth-order valence-corrected chi connectivity index (χ4v) is 3.45. The minimum Gasteiger partial charge on any atom is -0.303 e. The molecule has 0 aromatic carbocycles. The van der Waals surface area contributed by atoms with Crippen LogP contribution in [0.25, 0.3) is 0 Å². The maximum Gasteiger partial charge on any atom is 0.127 e. The molecule has 1 saturated heterocycles. The van der Waals surface area contributed by atoms with Crippen molar-refractivity contribution in [1.82, 2.24) is 4.90 Å². The lowest BCUT2D eigenvalue weighted by Gasteiger charge is -2.38. The minimum absolute atomic E-state index is 0.0209. The summed E-state index contributed by atoms with van der Waals surface area (Å²) in [6.07, 6.45) is 7.22. The zero-order valence-electron chi connectivity index (χ0n) is 11.7. The third kappa shape index (κ3) is 3.09. The van der Waals surface area contributed by atoms with Gasteiger partial charge in [0, 0.05) is 18.5 Å². The van der Waals surface area contributed by atoms with Crippen LogP contribution in [-0.2, 0) is 4.79 Å². The van der Waals surface area contributed by atoms with Crippen LogP contribution in [0.3, 0.4) is 0 Å². The van der Waals surface area contributed by atoms with Crippen molar-refractivity contribution in [2.24, 2.45) is 16.7 Å². The maximum absolute atomic E-state index is 11.5. The lowest BCUT2D eigenvalue weighted by Crippen LogP contribution is -2.40. The molecule has 98 valence electrons. The predicted octanol–water partition coefficient (Wildman–Crippen LogP) is 3.11. The summed E-state index contributed by atoms with van der Waals surface area (Å²) < 4.78 is 0. The number of nitrogens with zero attached hydrogens (tertiary/aromatic N) is 1. The summed E-state index contributed by atoms with van der Waals surface area (Å²) in [5, 5.41) is 0. The van der Waals surface area contributed by atoms with Crippen molar-refractivity contribution < 1.29 is 4.79 Å². The third-order valence-corrected chi connectivity index (χ3v) is 4.82. The van der Waals surface area contributed by atoms with E-state index in [1.807, 2.05) is 0 Å². The van der Waals surface area contributed by atoms with Gasteiger partial charge in [0.25, 0.3) is 0 Å². The van der Waals surface area contributed by atoms with Gasteiger partial charge in [-0.3, -0.25) is 0 Å². The lowest BCUT2D eigenvalue weighted by atomic mass is 9.71. The van der Waals surface area contributed by atoms with Crippen molar-refractivity contribution in [2.45, 2.75) is 52.9 Å². The lowest BCUT2D eigenvalue weighted by molar-refractivity contribution is -0.119. The summed E-state index contributed by atoms with van der Waals surface area (Å²) >= 11 is 0. The van der Waals surface area contributed by atoms with Gasteiger partial charge in [-0.25, -0.2) is 0 Å². The van der Waals surface area contributed by atoms with Gasteiger partial charge in [-0.1, -0.05) is 20.8 Å². The van der Waals surface area contributed by atoms with Gasteiger partial charge in [-0.15, -0.1) is 0 Å². The summed E-state index contributed by atoms with van der Waals surface area (Å²) in [4.78, 5) is 14.0. The first-order chi connectivity index (χ1) is 7.95. The largest absolute Gasteiger partial charge is 0.303 e. The number of hydrogen-bond donors (Lipinski definition) is 0. The Morgan fingerprint density at radius 2 is 1.88 bits per heavy atom. The second kappa shape index (κ2) is 4.72. The Labute approximate surface area is 106 Å². The molecule has 2 aliphatic rings. The van der Waals surface area contributed by atoms with Crippen LogP contribution in [0.5, 0.6) is 0 Å². The molecule has 0 radical (unpaired) electrons. The highest BCUT2D eigenvalue weighted by Gasteiger charge is 2.38. The molecule has 1 aliphatic heterocycles. The maximum atomic E-state index is 11.5. The van der Waals surface area contributed by atoms with Crippen LogP contribution in [0.1, 0.15) is 52.9 Å². The SMILES string of the molecule is CC1CCC(C=O)(CN2CCC(C)(C)C2)CC1. The second-order valence-corrected chi connectivity index (χ2v) is 7.29. The molecule has 0 unspecified atom stereocenters. The molecular weight excluding hydrogens is 210 g/mol. The average molecular weight is 237 g/mol. The summed E-state index contributed by atoms with van der Waals surface area (Å²) in [5.41, 5.74) is 0.430. The quantitative estimate of drug-likeness (QED) is 0.703. The molecule has 1 aliphatic carbocycles. The number of carbonyl (C=O) groups is 1. The van der Waals surface area contributed by atoms with Crippen molar-refractivity contribution >= 4 is 6.29 Å². The zero-order valence-corrected chi connectivity index (χ0v) is 11.7. The first-order valence-corrected chi connectivity index (χ1v) is 7.13. The number of hydrogen-bond acceptors (Lipinski definition) is 2. The molecule has 0 spiro atoms. The molecule has 2 rings (SSSR count). The molecule has 0 bridgehead atoms. The van der Waals surface area contributed by atoms with Gasteiger partial charge in [0.15, 0.2) is 0 Å². The highest BCUT2D eigenvalue weighted by Crippen LogP contribution is 2.40. The van der Waals surface area contributed by atoms with Crippen molar-refractivity contribution in [3.8, 4) is 0 Å². The number of likely N-dealkylation sites (tertiary alicyclic amines) is 1. The highest BCUT2D eigenvalue weighted by atomic mass is 16.1. The molecule has 0 aromatic heterocycles. The van der Waals surface area contributed by atoms with Crippen molar-refractivity contribution in [3.63, 3.8) is 0 Å². The van der Waals surface area contributed by atoms with E-state index in [4.69, 9.17) is 0 Å². The summed E-state index contributed by atoms with van der Waals surface area (Å²) in [6, 6.07) is 0. The highest BCUT2D eigenvalue weighted by molar-refractivity contribution is 5.60. The molecule has 0 amide bonds. The first kappa shape index (κ1) is 13.1. The van der Waals surface area contributed by atoms with Crippen LogP contribution in [0.2, 0.25) is 0 Å². The fourth-order valence-electron chi connectivity index (χ4n) is 3.45. The predicted molar refractivity (Wildman–Crippen MR) is 71.0 cm³/mol. The molecule has 0 aromatic rings. The van der Waals surface area contributed by atoms with Gasteiger partial charge < -0.3 is 9.69 Å². The van der Waals surface area contributed by atoms with Crippen molar-refractivity contribution in [3.05, 3.63) is 0 Å². The Balaban J connectivity index is 1.94. The molecule has 1 heterocycles. The first-order valence-electron chi connectivity index (χ1n) is 7.13. The fraction of sp³-hybridized carbons (Fsp3) is 0.933. The van der Waals surface area contributed by atoms with E-state index in [2.05, 4.69) is 25.7 Å². The molecule has 2 nitrogen and oxygen atoms in total. The summed E-state index contributed by atoms with van der Waals surface area (Å²) in [6.45, 7) is 10.3. The smallest absolute Gasteiger partial charge is 0.127 e. The minimum atomic E-state index is -0.0209. The van der Waals surface area contributed by atoms with Crippen LogP contribution in [-0.4, -0.2) is 30.8 Å². The van der Waals surface area contributed by atoms with Gasteiger partial charge >= 0.3 is 0 Å². The van der Waals surface area contributed by atoms with E-state index < -0.39 is 0 Å². The normalized spacial score (nSPS) is 38.2. The Morgan fingerprint density at radius 3 is 2.35 bits per heavy atom. The molecule has 2 fully saturated rings. The van der Waals surface area contributed by atoms with Gasteiger partial charge in [0.1, 0.15) is 6.29 Å². The zero-order chi connectivity index (χ0) is 12.5. The Morgan fingerprint density at radius 1 is 1.24 bits per heavy atom. The van der Waals surface area contributed by atoms with Crippen LogP contribution in [0.15, 0.2) is 0 Å². The third-order valence-electron chi connectivity index (χ3n) is 4.82. The molecule has 0 atom stereocenters. The monoisotopic (exact) mass is 237 g/mol. The van der Waals surface area contributed by atoms with Crippen LogP contribution >= 0.6 is 0 Å². The van der Waals surface area contributed by atoms with E-state index in [9.17, 15) is 4.79 Å². The van der Waals surface area contributed by atoms with E-state index in [1.54, 1.807) is 0 Å². The van der Waals surface area contributed by atoms with Crippen LogP contribution in [0, 0.1) is 16.7 Å². The Bertz CT molecular complexity index is 277. The average Bonchev–Trinajstić information content (AvgIpc) is 2.62. The van der Waals surface area contributed by atoms with E-state index >= 15 is 0 Å². The molecule has 0 N–H and O–H groups in total. The van der Waals surface area contributed by atoms with E-state index in [1.165, 1.54) is 32.1 Å². The standard InChI is InChI=1S/C15H27NO/c1-13-4-6-15(12-17,7-5-13)11-16-9-8-14(2,3)10-16/h12-13H,4-11H2,1-3H3.